The van der Waals surface area contributed by atoms with Crippen LogP contribution in [-0.4, -0.2) is 42.4 Å². The third-order valence-corrected chi connectivity index (χ3v) is 3.15. The third kappa shape index (κ3) is 1.37. The van der Waals surface area contributed by atoms with Crippen LogP contribution in [0.15, 0.2) is 0 Å². The average Bonchev–Trinajstić information content (AvgIpc) is 2.50. The Hall–Kier alpha value is -0.160. The first-order valence-corrected chi connectivity index (χ1v) is 5.03. The molecule has 4 nitrogen and oxygen atoms in total. The summed E-state index contributed by atoms with van der Waals surface area (Å²) in [4.78, 5) is 0. The van der Waals surface area contributed by atoms with E-state index in [2.05, 4.69) is 0 Å². The van der Waals surface area contributed by atoms with Gasteiger partial charge < -0.3 is 19.3 Å². The maximum absolute atomic E-state index is 9.92. The molecular weight excluding hydrogens is 184 g/mol. The molecule has 0 aromatic carbocycles. The van der Waals surface area contributed by atoms with Gasteiger partial charge in [0.25, 0.3) is 0 Å². The molecule has 14 heavy (non-hydrogen) atoms. The Morgan fingerprint density at radius 2 is 1.79 bits per heavy atom. The second-order valence-corrected chi connectivity index (χ2v) is 4.61. The van der Waals surface area contributed by atoms with Crippen molar-refractivity contribution >= 4 is 0 Å². The van der Waals surface area contributed by atoms with E-state index in [1.54, 1.807) is 7.11 Å². The molecule has 1 saturated heterocycles. The van der Waals surface area contributed by atoms with Crippen molar-refractivity contribution in [3.8, 4) is 0 Å². The van der Waals surface area contributed by atoms with Crippen molar-refractivity contribution in [2.75, 3.05) is 7.11 Å². The molecule has 0 aromatic rings. The topological polar surface area (TPSA) is 47.9 Å². The van der Waals surface area contributed by atoms with Crippen molar-refractivity contribution in [1.29, 1.82) is 0 Å². The SMILES string of the molecule is COC1C(C)C(O)C2OC(C)(C)OC12. The Balaban J connectivity index is 2.19. The van der Waals surface area contributed by atoms with Crippen molar-refractivity contribution in [1.82, 2.24) is 0 Å². The van der Waals surface area contributed by atoms with Gasteiger partial charge in [-0.25, -0.2) is 0 Å². The maximum atomic E-state index is 9.92. The average molecular weight is 202 g/mol. The molecule has 5 unspecified atom stereocenters. The van der Waals surface area contributed by atoms with Gasteiger partial charge in [0.1, 0.15) is 12.2 Å². The summed E-state index contributed by atoms with van der Waals surface area (Å²) in [5.74, 6) is -0.543. The second-order valence-electron chi connectivity index (χ2n) is 4.61. The molecule has 2 aliphatic rings. The molecule has 82 valence electrons. The highest BCUT2D eigenvalue weighted by molar-refractivity contribution is 5.02. The van der Waals surface area contributed by atoms with Gasteiger partial charge in [0, 0.05) is 13.0 Å². The Labute approximate surface area is 84.1 Å². The van der Waals surface area contributed by atoms with E-state index in [0.29, 0.717) is 0 Å². The molecule has 4 heteroatoms. The van der Waals surface area contributed by atoms with Crippen LogP contribution in [0, 0.1) is 5.92 Å². The Bertz CT molecular complexity index is 228. The van der Waals surface area contributed by atoms with E-state index < -0.39 is 11.9 Å². The molecule has 1 heterocycles. The smallest absolute Gasteiger partial charge is 0.164 e. The molecule has 1 aliphatic carbocycles. The van der Waals surface area contributed by atoms with Crippen molar-refractivity contribution in [3.63, 3.8) is 0 Å². The lowest BCUT2D eigenvalue weighted by atomic mass is 10.1. The number of methoxy groups -OCH3 is 1. The number of hydrogen-bond donors (Lipinski definition) is 1. The number of aliphatic hydroxyl groups is 1. The van der Waals surface area contributed by atoms with Crippen LogP contribution in [-0.2, 0) is 14.2 Å². The van der Waals surface area contributed by atoms with Crippen LogP contribution in [0.4, 0.5) is 0 Å². The van der Waals surface area contributed by atoms with E-state index in [-0.39, 0.29) is 24.2 Å². The molecule has 1 saturated carbocycles. The molecule has 0 spiro atoms. The number of hydrogen-bond acceptors (Lipinski definition) is 4. The molecule has 0 radical (unpaired) electrons. The summed E-state index contributed by atoms with van der Waals surface area (Å²) in [6.07, 6.45) is -0.951. The quantitative estimate of drug-likeness (QED) is 0.674. The van der Waals surface area contributed by atoms with E-state index in [9.17, 15) is 5.11 Å². The molecule has 1 N–H and O–H groups in total. The lowest BCUT2D eigenvalue weighted by Gasteiger charge is -2.25. The predicted octanol–water partition coefficient (Wildman–Crippen LogP) is 0.532. The fourth-order valence-electron chi connectivity index (χ4n) is 2.48. The van der Waals surface area contributed by atoms with Crippen LogP contribution in [0.3, 0.4) is 0 Å². The van der Waals surface area contributed by atoms with Crippen molar-refractivity contribution < 1.29 is 19.3 Å². The van der Waals surface area contributed by atoms with E-state index in [0.717, 1.165) is 0 Å². The highest BCUT2D eigenvalue weighted by Crippen LogP contribution is 2.42. The molecule has 1 aliphatic heterocycles. The van der Waals surface area contributed by atoms with Crippen LogP contribution < -0.4 is 0 Å². The summed E-state index contributed by atoms with van der Waals surface area (Å²) in [6.45, 7) is 5.67. The normalized spacial score (nSPS) is 50.8. The lowest BCUT2D eigenvalue weighted by molar-refractivity contribution is -0.181. The summed E-state index contributed by atoms with van der Waals surface area (Å²) < 4.78 is 16.7. The van der Waals surface area contributed by atoms with Gasteiger partial charge in [0.05, 0.1) is 12.2 Å². The van der Waals surface area contributed by atoms with Gasteiger partial charge in [-0.1, -0.05) is 6.92 Å². The zero-order chi connectivity index (χ0) is 10.5. The van der Waals surface area contributed by atoms with E-state index >= 15 is 0 Å². The van der Waals surface area contributed by atoms with Gasteiger partial charge >= 0.3 is 0 Å². The first-order valence-electron chi connectivity index (χ1n) is 5.03. The lowest BCUT2D eigenvalue weighted by Crippen LogP contribution is -2.33. The minimum absolute atomic E-state index is 0.0612. The van der Waals surface area contributed by atoms with Gasteiger partial charge in [-0.3, -0.25) is 0 Å². The van der Waals surface area contributed by atoms with Gasteiger partial charge in [-0.2, -0.15) is 0 Å². The summed E-state index contributed by atoms with van der Waals surface area (Å²) in [5, 5.41) is 9.92. The van der Waals surface area contributed by atoms with Crippen molar-refractivity contribution in [2.24, 2.45) is 5.92 Å². The number of fused-ring (bicyclic) bond motifs is 1. The summed E-state index contributed by atoms with van der Waals surface area (Å²) in [7, 11) is 1.64. The summed E-state index contributed by atoms with van der Waals surface area (Å²) >= 11 is 0. The molecular formula is C10H18O4. The van der Waals surface area contributed by atoms with Gasteiger partial charge in [0.15, 0.2) is 5.79 Å². The van der Waals surface area contributed by atoms with Gasteiger partial charge in [-0.15, -0.1) is 0 Å². The second kappa shape index (κ2) is 3.17. The highest BCUT2D eigenvalue weighted by atomic mass is 16.8. The fourth-order valence-corrected chi connectivity index (χ4v) is 2.48. The van der Waals surface area contributed by atoms with Crippen LogP contribution in [0.5, 0.6) is 0 Å². The number of aliphatic hydroxyl groups excluding tert-OH is 1. The first-order chi connectivity index (χ1) is 6.46. The largest absolute Gasteiger partial charge is 0.390 e. The molecule has 2 rings (SSSR count). The molecule has 5 atom stereocenters. The monoisotopic (exact) mass is 202 g/mol. The van der Waals surface area contributed by atoms with E-state index in [1.807, 2.05) is 20.8 Å². The predicted molar refractivity (Wildman–Crippen MR) is 49.8 cm³/mol. The highest BCUT2D eigenvalue weighted by Gasteiger charge is 2.57. The van der Waals surface area contributed by atoms with Crippen molar-refractivity contribution in [3.05, 3.63) is 0 Å². The van der Waals surface area contributed by atoms with Gasteiger partial charge in [0.2, 0.25) is 0 Å². The molecule has 0 amide bonds. The Morgan fingerprint density at radius 3 is 2.36 bits per heavy atom. The molecule has 0 aromatic heterocycles. The van der Waals surface area contributed by atoms with Gasteiger partial charge in [-0.05, 0) is 13.8 Å². The fraction of sp³-hybridized carbons (Fsp3) is 1.00. The minimum atomic E-state index is -0.604. The first kappa shape index (κ1) is 10.4. The molecule has 0 bridgehead atoms. The van der Waals surface area contributed by atoms with Crippen molar-refractivity contribution in [2.45, 2.75) is 51.0 Å². The maximum Gasteiger partial charge on any atom is 0.164 e. The zero-order valence-electron chi connectivity index (χ0n) is 9.06. The van der Waals surface area contributed by atoms with Crippen LogP contribution in [0.2, 0.25) is 0 Å². The minimum Gasteiger partial charge on any atom is -0.390 e. The third-order valence-electron chi connectivity index (χ3n) is 3.15. The standard InChI is InChI=1S/C10H18O4/c1-5-6(11)8-9(7(5)12-4)14-10(2,3)13-8/h5-9,11H,1-4H3. The van der Waals surface area contributed by atoms with E-state index in [1.165, 1.54) is 0 Å². The molecule has 2 fully saturated rings. The zero-order valence-corrected chi connectivity index (χ0v) is 9.06. The van der Waals surface area contributed by atoms with Crippen LogP contribution in [0.1, 0.15) is 20.8 Å². The summed E-state index contributed by atoms with van der Waals surface area (Å²) in [6, 6.07) is 0. The van der Waals surface area contributed by atoms with Crippen LogP contribution >= 0.6 is 0 Å². The number of rotatable bonds is 1. The summed E-state index contributed by atoms with van der Waals surface area (Å²) in [5.41, 5.74) is 0. The Kier molecular flexibility index (Phi) is 2.34. The number of ether oxygens (including phenoxy) is 3. The van der Waals surface area contributed by atoms with Crippen LogP contribution in [0.25, 0.3) is 0 Å². The Morgan fingerprint density at radius 1 is 1.21 bits per heavy atom. The van der Waals surface area contributed by atoms with E-state index in [4.69, 9.17) is 14.2 Å².